The van der Waals surface area contributed by atoms with Crippen LogP contribution in [-0.2, 0) is 0 Å². The third-order valence-corrected chi connectivity index (χ3v) is 7.62. The zero-order valence-corrected chi connectivity index (χ0v) is 16.7. The quantitative estimate of drug-likeness (QED) is 0.264. The van der Waals surface area contributed by atoms with Gasteiger partial charge >= 0.3 is 0 Å². The van der Waals surface area contributed by atoms with Gasteiger partial charge in [-0.15, -0.1) is 22.7 Å². The predicted molar refractivity (Wildman–Crippen MR) is 124 cm³/mol. The Morgan fingerprint density at radius 2 is 1.26 bits per heavy atom. The summed E-state index contributed by atoms with van der Waals surface area (Å²) in [5.41, 5.74) is 0. The van der Waals surface area contributed by atoms with Gasteiger partial charge in [-0.25, -0.2) is 0 Å². The molecule has 6 rings (SSSR count). The number of rotatable bonds is 1. The van der Waals surface area contributed by atoms with E-state index in [2.05, 4.69) is 85.0 Å². The van der Waals surface area contributed by atoms with E-state index in [0.717, 1.165) is 0 Å². The lowest BCUT2D eigenvalue weighted by atomic mass is 9.96. The molecule has 0 amide bonds. The molecular formula is C24H17NS2. The van der Waals surface area contributed by atoms with Crippen LogP contribution in [0.1, 0.15) is 0 Å². The minimum Gasteiger partial charge on any atom is -0.370 e. The molecule has 6 aromatic rings. The molecule has 0 saturated carbocycles. The molecule has 2 aromatic heterocycles. The maximum absolute atomic E-state index is 2.37. The van der Waals surface area contributed by atoms with Gasteiger partial charge in [-0.1, -0.05) is 24.3 Å². The van der Waals surface area contributed by atoms with E-state index in [-0.39, 0.29) is 0 Å². The molecule has 3 heteroatoms. The fourth-order valence-corrected chi connectivity index (χ4v) is 5.91. The Kier molecular flexibility index (Phi) is 3.11. The molecule has 0 fully saturated rings. The van der Waals surface area contributed by atoms with Gasteiger partial charge in [-0.05, 0) is 84.9 Å². The molecule has 0 atom stereocenters. The second-order valence-electron chi connectivity index (χ2n) is 7.35. The van der Waals surface area contributed by atoms with E-state index in [0.29, 0.717) is 0 Å². The van der Waals surface area contributed by atoms with E-state index in [1.807, 2.05) is 22.7 Å². The average Bonchev–Trinajstić information content (AvgIpc) is 3.29. The third kappa shape index (κ3) is 2.22. The molecule has 0 bridgehead atoms. The monoisotopic (exact) mass is 383 g/mol. The lowest BCUT2D eigenvalue weighted by Crippen LogP contribution is -2.05. The van der Waals surface area contributed by atoms with Gasteiger partial charge in [0.2, 0.25) is 0 Å². The van der Waals surface area contributed by atoms with Crippen LogP contribution in [0.4, 0.5) is 5.00 Å². The summed E-state index contributed by atoms with van der Waals surface area (Å²) in [6, 6.07) is 23.1. The van der Waals surface area contributed by atoms with Crippen molar-refractivity contribution < 1.29 is 0 Å². The maximum Gasteiger partial charge on any atom is 0.0915 e. The first-order valence-electron chi connectivity index (χ1n) is 9.05. The van der Waals surface area contributed by atoms with Crippen molar-refractivity contribution in [1.82, 2.24) is 0 Å². The molecule has 0 aliphatic heterocycles. The van der Waals surface area contributed by atoms with Gasteiger partial charge < -0.3 is 4.90 Å². The molecule has 2 heterocycles. The van der Waals surface area contributed by atoms with Crippen LogP contribution in [0, 0.1) is 0 Å². The predicted octanol–water partition coefficient (Wildman–Crippen LogP) is 7.64. The summed E-state index contributed by atoms with van der Waals surface area (Å²) in [4.78, 5) is 2.19. The minimum absolute atomic E-state index is 1.30. The molecule has 130 valence electrons. The number of hydrogen-bond donors (Lipinski definition) is 0. The van der Waals surface area contributed by atoms with E-state index in [1.165, 1.54) is 57.5 Å². The van der Waals surface area contributed by atoms with Crippen molar-refractivity contribution in [3.05, 3.63) is 66.0 Å². The van der Waals surface area contributed by atoms with Gasteiger partial charge in [0.25, 0.3) is 0 Å². The van der Waals surface area contributed by atoms with Crippen LogP contribution in [-0.4, -0.2) is 14.1 Å². The van der Waals surface area contributed by atoms with Gasteiger partial charge in [0.1, 0.15) is 0 Å². The number of hydrogen-bond acceptors (Lipinski definition) is 3. The van der Waals surface area contributed by atoms with Crippen LogP contribution < -0.4 is 4.90 Å². The molecule has 1 nitrogen and oxygen atoms in total. The Hall–Kier alpha value is -2.62. The van der Waals surface area contributed by atoms with Crippen molar-refractivity contribution in [1.29, 1.82) is 0 Å². The summed E-state index contributed by atoms with van der Waals surface area (Å²) in [6.45, 7) is 0. The second kappa shape index (κ2) is 5.44. The second-order valence-corrected chi connectivity index (χ2v) is 9.36. The smallest absolute Gasteiger partial charge is 0.0915 e. The number of anilines is 1. The van der Waals surface area contributed by atoms with Crippen molar-refractivity contribution in [2.75, 3.05) is 19.0 Å². The standard InChI is InChI=1S/C24H17NS2/c1-25(2)24-13-17-10-21-15(12-23(17)27-24)4-6-18-19(21)5-3-14-11-22-16(7-8-26-22)9-20(14)18/h3-13H,1-2H3. The van der Waals surface area contributed by atoms with Crippen molar-refractivity contribution >= 4 is 80.2 Å². The molecule has 0 radical (unpaired) electrons. The fraction of sp³-hybridized carbons (Fsp3) is 0.0833. The van der Waals surface area contributed by atoms with E-state index in [1.54, 1.807) is 0 Å². The highest BCUT2D eigenvalue weighted by atomic mass is 32.1. The normalized spacial score (nSPS) is 12.1. The zero-order valence-electron chi connectivity index (χ0n) is 15.1. The highest BCUT2D eigenvalue weighted by Crippen LogP contribution is 2.39. The summed E-state index contributed by atoms with van der Waals surface area (Å²) in [7, 11) is 4.22. The first-order valence-corrected chi connectivity index (χ1v) is 10.7. The number of benzene rings is 4. The van der Waals surface area contributed by atoms with Gasteiger partial charge in [0, 0.05) is 23.5 Å². The molecule has 4 aromatic carbocycles. The Morgan fingerprint density at radius 3 is 1.96 bits per heavy atom. The average molecular weight is 384 g/mol. The summed E-state index contributed by atoms with van der Waals surface area (Å²) in [6.07, 6.45) is 0. The largest absolute Gasteiger partial charge is 0.370 e. The Labute approximate surface area is 165 Å². The third-order valence-electron chi connectivity index (χ3n) is 5.47. The lowest BCUT2D eigenvalue weighted by molar-refractivity contribution is 1.16. The summed E-state index contributed by atoms with van der Waals surface area (Å²) in [5, 5.41) is 14.2. The Balaban J connectivity index is 1.73. The van der Waals surface area contributed by atoms with Gasteiger partial charge in [-0.2, -0.15) is 0 Å². The fourth-order valence-electron chi connectivity index (χ4n) is 4.07. The first-order chi connectivity index (χ1) is 13.2. The van der Waals surface area contributed by atoms with Crippen LogP contribution in [0.3, 0.4) is 0 Å². The minimum atomic E-state index is 1.30. The van der Waals surface area contributed by atoms with Crippen LogP contribution in [0.5, 0.6) is 0 Å². The molecule has 0 aliphatic carbocycles. The van der Waals surface area contributed by atoms with Crippen LogP contribution >= 0.6 is 22.7 Å². The van der Waals surface area contributed by atoms with E-state index >= 15 is 0 Å². The molecule has 0 saturated heterocycles. The number of nitrogens with zero attached hydrogens (tertiary/aromatic N) is 1. The SMILES string of the molecule is CN(C)c1cc2cc3c(ccc4c5cc6ccsc6cc5ccc34)cc2s1. The highest BCUT2D eigenvalue weighted by Gasteiger charge is 2.10. The van der Waals surface area contributed by atoms with E-state index in [4.69, 9.17) is 0 Å². The van der Waals surface area contributed by atoms with Crippen LogP contribution in [0.2, 0.25) is 0 Å². The summed E-state index contributed by atoms with van der Waals surface area (Å²) >= 11 is 3.67. The number of thiophene rings is 2. The van der Waals surface area contributed by atoms with Crippen LogP contribution in [0.25, 0.3) is 52.5 Å². The van der Waals surface area contributed by atoms with Gasteiger partial charge in [0.15, 0.2) is 0 Å². The summed E-state index contributed by atoms with van der Waals surface area (Å²) in [5.74, 6) is 0. The topological polar surface area (TPSA) is 3.24 Å². The molecule has 0 N–H and O–H groups in total. The highest BCUT2D eigenvalue weighted by molar-refractivity contribution is 7.22. The lowest BCUT2D eigenvalue weighted by Gasteiger charge is -2.08. The van der Waals surface area contributed by atoms with Gasteiger partial charge in [-0.3, -0.25) is 0 Å². The first kappa shape index (κ1) is 15.4. The molecular weight excluding hydrogens is 366 g/mol. The van der Waals surface area contributed by atoms with Crippen molar-refractivity contribution in [2.45, 2.75) is 0 Å². The summed E-state index contributed by atoms with van der Waals surface area (Å²) < 4.78 is 2.71. The van der Waals surface area contributed by atoms with E-state index in [9.17, 15) is 0 Å². The van der Waals surface area contributed by atoms with Crippen molar-refractivity contribution in [3.8, 4) is 0 Å². The maximum atomic E-state index is 2.37. The zero-order chi connectivity index (χ0) is 18.1. The molecule has 27 heavy (non-hydrogen) atoms. The molecule has 0 aliphatic rings. The molecule has 0 spiro atoms. The van der Waals surface area contributed by atoms with Crippen molar-refractivity contribution in [3.63, 3.8) is 0 Å². The van der Waals surface area contributed by atoms with E-state index < -0.39 is 0 Å². The Morgan fingerprint density at radius 1 is 0.593 bits per heavy atom. The van der Waals surface area contributed by atoms with Gasteiger partial charge in [0.05, 0.1) is 5.00 Å². The van der Waals surface area contributed by atoms with Crippen LogP contribution in [0.15, 0.2) is 66.0 Å². The molecule has 0 unspecified atom stereocenters. The van der Waals surface area contributed by atoms with Crippen molar-refractivity contribution in [2.24, 2.45) is 0 Å². The Bertz CT molecular complexity index is 1500. The number of fused-ring (bicyclic) bond motifs is 7.